The molecule has 0 spiro atoms. The summed E-state index contributed by atoms with van der Waals surface area (Å²) in [5.74, 6) is -3.07. The van der Waals surface area contributed by atoms with Gasteiger partial charge in [-0.15, -0.1) is 0 Å². The highest BCUT2D eigenvalue weighted by molar-refractivity contribution is 14.1. The zero-order chi connectivity index (χ0) is 34.3. The van der Waals surface area contributed by atoms with E-state index in [9.17, 15) is 32.7 Å². The van der Waals surface area contributed by atoms with Crippen LogP contribution in [-0.4, -0.2) is 114 Å². The normalized spacial score (nSPS) is 25.7. The molecule has 9 nitrogen and oxygen atoms in total. The Hall–Kier alpha value is -3.14. The van der Waals surface area contributed by atoms with Gasteiger partial charge in [0.05, 0.1) is 25.1 Å². The second kappa shape index (κ2) is 13.8. The number of rotatable bonds is 8. The van der Waals surface area contributed by atoms with E-state index in [2.05, 4.69) is 22.6 Å². The molecule has 0 bridgehead atoms. The Morgan fingerprint density at radius 1 is 1.04 bits per heavy atom. The fourth-order valence-electron chi connectivity index (χ4n) is 6.94. The zero-order valence-corrected chi connectivity index (χ0v) is 28.6. The largest absolute Gasteiger partial charge is 0.497 e. The molecule has 0 aliphatic carbocycles. The Labute approximate surface area is 284 Å². The first-order valence-corrected chi connectivity index (χ1v) is 16.7. The molecule has 0 unspecified atom stereocenters. The lowest BCUT2D eigenvalue weighted by Gasteiger charge is -2.35. The number of carboxylic acids is 1. The number of carboxylic acid groups (broad SMARTS) is 1. The number of methoxy groups -OCH3 is 1. The van der Waals surface area contributed by atoms with Crippen LogP contribution in [0.3, 0.4) is 0 Å². The molecule has 3 aliphatic heterocycles. The number of halogens is 5. The van der Waals surface area contributed by atoms with Crippen LogP contribution in [0.5, 0.6) is 5.75 Å². The van der Waals surface area contributed by atoms with E-state index < -0.39 is 41.1 Å². The maximum atomic E-state index is 17.3. The number of hydrogen-bond acceptors (Lipinski definition) is 6. The van der Waals surface area contributed by atoms with Crippen LogP contribution in [0.1, 0.15) is 41.4 Å². The van der Waals surface area contributed by atoms with Crippen LogP contribution in [0.25, 0.3) is 0 Å². The molecule has 0 saturated carbocycles. The van der Waals surface area contributed by atoms with Crippen molar-refractivity contribution in [1.82, 2.24) is 14.7 Å². The molecule has 2 aromatic rings. The highest BCUT2D eigenvalue weighted by Gasteiger charge is 2.56. The first kappa shape index (κ1) is 35.2. The summed E-state index contributed by atoms with van der Waals surface area (Å²) < 4.78 is 63.8. The fraction of sp³-hybridized carbons (Fsp3) is 0.545. The Morgan fingerprint density at radius 3 is 2.28 bits per heavy atom. The number of amides is 2. The molecule has 4 atom stereocenters. The second-order valence-corrected chi connectivity index (χ2v) is 14.4. The molecule has 2 amide bonds. The van der Waals surface area contributed by atoms with Crippen molar-refractivity contribution in [2.75, 3.05) is 71.9 Å². The average molecular weight is 775 g/mol. The molecule has 3 fully saturated rings. The number of carbonyl (C=O) groups excluding carboxylic acids is 2. The highest BCUT2D eigenvalue weighted by Crippen LogP contribution is 2.45. The Morgan fingerprint density at radius 2 is 1.70 bits per heavy atom. The Bertz CT molecular complexity index is 1480. The zero-order valence-electron chi connectivity index (χ0n) is 26.5. The van der Waals surface area contributed by atoms with Crippen molar-refractivity contribution in [1.29, 1.82) is 0 Å². The van der Waals surface area contributed by atoms with Crippen LogP contribution in [-0.2, 0) is 20.6 Å². The summed E-state index contributed by atoms with van der Waals surface area (Å²) >= 11 is 2.18. The minimum Gasteiger partial charge on any atom is -0.497 e. The molecule has 256 valence electrons. The van der Waals surface area contributed by atoms with Crippen molar-refractivity contribution in [2.24, 2.45) is 5.92 Å². The number of anilines is 1. The third kappa shape index (κ3) is 7.32. The van der Waals surface area contributed by atoms with Gasteiger partial charge in [-0.25, -0.2) is 4.39 Å². The number of likely N-dealkylation sites (tertiary alicyclic amines) is 2. The summed E-state index contributed by atoms with van der Waals surface area (Å²) in [5, 5.41) is 9.43. The number of nitrogens with zero attached hydrogens (tertiary/aromatic N) is 4. The monoisotopic (exact) mass is 774 g/mol. The van der Waals surface area contributed by atoms with Crippen LogP contribution in [0, 0.1) is 5.92 Å². The summed E-state index contributed by atoms with van der Waals surface area (Å²) in [6, 6.07) is 10.4. The van der Waals surface area contributed by atoms with Crippen LogP contribution in [0.4, 0.5) is 23.2 Å². The van der Waals surface area contributed by atoms with Gasteiger partial charge in [0.15, 0.2) is 0 Å². The van der Waals surface area contributed by atoms with E-state index in [1.165, 1.54) is 23.0 Å². The first-order valence-electron chi connectivity index (χ1n) is 15.5. The minimum absolute atomic E-state index is 0.0520. The predicted molar refractivity (Wildman–Crippen MR) is 176 cm³/mol. The van der Waals surface area contributed by atoms with E-state index in [4.69, 9.17) is 4.74 Å². The SMILES string of the molecule is COc1ccc([C@@H]2CN(CC(=O)N(C)C)C[C@@]2(F)C(=O)N2C[C@H](c3ccc(C(F)(F)F)cc3N3CCC(C(=O)O)CC3)[C@@H](I)C2)cc1. The standard InChI is InChI=1S/C33H39F4IN4O5/c1-39(2)29(43)18-40-16-26(20-4-7-23(47-3)8-5-20)32(34,19-40)31(46)42-15-25(27(38)17-42)24-9-6-22(33(35,36)37)14-28(24)41-12-10-21(11-13-41)30(44)45/h4-9,14,21,25-27H,10-13,15-19H2,1-3H3,(H,44,45)/t25-,26+,27+,32+/m1/s1. The van der Waals surface area contributed by atoms with Crippen LogP contribution >= 0.6 is 22.6 Å². The van der Waals surface area contributed by atoms with Crippen LogP contribution in [0.2, 0.25) is 0 Å². The quantitative estimate of drug-likeness (QED) is 0.238. The van der Waals surface area contributed by atoms with Crippen molar-refractivity contribution in [2.45, 2.75) is 40.4 Å². The number of likely N-dealkylation sites (N-methyl/N-ethyl adjacent to an activating group) is 1. The van der Waals surface area contributed by atoms with E-state index in [0.29, 0.717) is 35.4 Å². The minimum atomic E-state index is -4.58. The van der Waals surface area contributed by atoms with Gasteiger partial charge in [0.25, 0.3) is 5.91 Å². The molecule has 0 radical (unpaired) electrons. The summed E-state index contributed by atoms with van der Waals surface area (Å²) in [6.45, 7) is 0.685. The number of alkyl halides is 5. The van der Waals surface area contributed by atoms with Crippen molar-refractivity contribution >= 4 is 46.1 Å². The average Bonchev–Trinajstić information content (AvgIpc) is 3.59. The number of ether oxygens (including phenoxy) is 1. The number of piperidine rings is 1. The Kier molecular flexibility index (Phi) is 10.3. The van der Waals surface area contributed by atoms with Crippen molar-refractivity contribution in [3.63, 3.8) is 0 Å². The highest BCUT2D eigenvalue weighted by atomic mass is 127. The van der Waals surface area contributed by atoms with Crippen LogP contribution in [0.15, 0.2) is 42.5 Å². The van der Waals surface area contributed by atoms with E-state index in [1.807, 2.05) is 0 Å². The lowest BCUT2D eigenvalue weighted by Crippen LogP contribution is -2.50. The molecule has 47 heavy (non-hydrogen) atoms. The molecule has 1 N–H and O–H groups in total. The van der Waals surface area contributed by atoms with Gasteiger partial charge in [-0.3, -0.25) is 19.3 Å². The van der Waals surface area contributed by atoms with Gasteiger partial charge in [-0.1, -0.05) is 40.8 Å². The lowest BCUT2D eigenvalue weighted by molar-refractivity contribution is -0.143. The molecule has 0 aromatic heterocycles. The third-order valence-corrected chi connectivity index (χ3v) is 10.9. The Balaban J connectivity index is 1.43. The van der Waals surface area contributed by atoms with Gasteiger partial charge in [0.1, 0.15) is 5.75 Å². The molecule has 3 saturated heterocycles. The van der Waals surface area contributed by atoms with Gasteiger partial charge in [-0.05, 0) is 48.2 Å². The molecule has 3 aliphatic rings. The lowest BCUT2D eigenvalue weighted by atomic mass is 9.85. The second-order valence-electron chi connectivity index (χ2n) is 12.8. The van der Waals surface area contributed by atoms with E-state index >= 15 is 4.39 Å². The van der Waals surface area contributed by atoms with Gasteiger partial charge in [0.2, 0.25) is 11.6 Å². The molecule has 5 rings (SSSR count). The van der Waals surface area contributed by atoms with E-state index in [1.54, 1.807) is 48.2 Å². The first-order chi connectivity index (χ1) is 22.1. The molecular weight excluding hydrogens is 735 g/mol. The smallest absolute Gasteiger partial charge is 0.416 e. The molecular formula is C33H39F4IN4O5. The van der Waals surface area contributed by atoms with E-state index in [-0.39, 0.29) is 61.6 Å². The van der Waals surface area contributed by atoms with Gasteiger partial charge in [-0.2, -0.15) is 13.2 Å². The summed E-state index contributed by atoms with van der Waals surface area (Å²) in [7, 11) is 4.75. The predicted octanol–water partition coefficient (Wildman–Crippen LogP) is 4.64. The summed E-state index contributed by atoms with van der Waals surface area (Å²) in [5.41, 5.74) is -1.58. The van der Waals surface area contributed by atoms with E-state index in [0.717, 1.165) is 12.1 Å². The topological polar surface area (TPSA) is 93.6 Å². The summed E-state index contributed by atoms with van der Waals surface area (Å²) in [4.78, 5) is 44.6. The van der Waals surface area contributed by atoms with Gasteiger partial charge < -0.3 is 24.5 Å². The maximum Gasteiger partial charge on any atom is 0.416 e. The third-order valence-electron chi connectivity index (χ3n) is 9.66. The number of benzene rings is 2. The molecule has 14 heteroatoms. The van der Waals surface area contributed by atoms with Crippen LogP contribution < -0.4 is 9.64 Å². The van der Waals surface area contributed by atoms with Gasteiger partial charge in [0, 0.05) is 74.8 Å². The fourth-order valence-corrected chi connectivity index (χ4v) is 8.03. The number of carbonyl (C=O) groups is 3. The van der Waals surface area contributed by atoms with Crippen molar-refractivity contribution in [3.05, 3.63) is 59.2 Å². The van der Waals surface area contributed by atoms with Crippen molar-refractivity contribution < 1.29 is 41.8 Å². The maximum absolute atomic E-state index is 17.3. The molecule has 3 heterocycles. The van der Waals surface area contributed by atoms with Gasteiger partial charge >= 0.3 is 12.1 Å². The molecule has 2 aromatic carbocycles. The summed E-state index contributed by atoms with van der Waals surface area (Å²) in [6.07, 6.45) is -3.97. The number of hydrogen-bond donors (Lipinski definition) is 1. The van der Waals surface area contributed by atoms with Crippen molar-refractivity contribution in [3.8, 4) is 5.75 Å². The number of aliphatic carboxylic acids is 1.